The minimum atomic E-state index is -0.852. The molecule has 8 nitrogen and oxygen atoms in total. The van der Waals surface area contributed by atoms with Gasteiger partial charge in [0.1, 0.15) is 22.8 Å². The minimum absolute atomic E-state index is 0.0227. The molecule has 0 atom stereocenters. The van der Waals surface area contributed by atoms with Crippen LogP contribution in [-0.4, -0.2) is 48.6 Å². The molecule has 0 spiro atoms. The fourth-order valence-electron chi connectivity index (χ4n) is 4.59. The summed E-state index contributed by atoms with van der Waals surface area (Å²) in [6, 6.07) is 21.2. The van der Waals surface area contributed by atoms with Crippen molar-refractivity contribution in [1.82, 2.24) is 9.55 Å². The van der Waals surface area contributed by atoms with E-state index in [0.29, 0.717) is 39.3 Å². The molecule has 0 saturated heterocycles. The van der Waals surface area contributed by atoms with Crippen LogP contribution in [0.15, 0.2) is 72.8 Å². The molecule has 3 aromatic carbocycles. The number of para-hydroxylation sites is 1. The molecule has 5 rings (SSSR count). The average molecular weight is 509 g/mol. The van der Waals surface area contributed by atoms with Gasteiger partial charge in [0.15, 0.2) is 5.78 Å². The topological polar surface area (TPSA) is 96.7 Å². The van der Waals surface area contributed by atoms with Gasteiger partial charge >= 0.3 is 11.9 Å². The first-order valence-electron chi connectivity index (χ1n) is 11.8. The van der Waals surface area contributed by atoms with Crippen molar-refractivity contribution in [2.75, 3.05) is 21.3 Å². The Balaban J connectivity index is 2.00. The Morgan fingerprint density at radius 2 is 1.42 bits per heavy atom. The highest BCUT2D eigenvalue weighted by Crippen LogP contribution is 2.41. The number of pyridine rings is 1. The molecule has 38 heavy (non-hydrogen) atoms. The number of methoxy groups -OCH3 is 3. The first-order valence-corrected chi connectivity index (χ1v) is 11.8. The van der Waals surface area contributed by atoms with E-state index in [1.807, 2.05) is 43.3 Å². The lowest BCUT2D eigenvalue weighted by Crippen LogP contribution is -2.25. The molecule has 0 radical (unpaired) electrons. The fourth-order valence-corrected chi connectivity index (χ4v) is 4.59. The maximum atomic E-state index is 14.1. The molecular formula is C30H24N2O6. The Labute approximate surface area is 218 Å². The number of carbonyl (C=O) groups is 3. The summed E-state index contributed by atoms with van der Waals surface area (Å²) in [5.74, 6) is -1.20. The van der Waals surface area contributed by atoms with Gasteiger partial charge in [-0.25, -0.2) is 14.6 Å². The number of ether oxygens (including phenoxy) is 3. The van der Waals surface area contributed by atoms with Crippen molar-refractivity contribution in [3.05, 3.63) is 101 Å². The summed E-state index contributed by atoms with van der Waals surface area (Å²) >= 11 is 0. The number of nitrogens with zero attached hydrogens (tertiary/aromatic N) is 2. The van der Waals surface area contributed by atoms with E-state index in [9.17, 15) is 14.4 Å². The number of aryl methyl sites for hydroxylation is 1. The van der Waals surface area contributed by atoms with E-state index < -0.39 is 17.7 Å². The molecule has 0 fully saturated rings. The van der Waals surface area contributed by atoms with Gasteiger partial charge in [-0.1, -0.05) is 48.0 Å². The van der Waals surface area contributed by atoms with Crippen molar-refractivity contribution in [3.8, 4) is 22.8 Å². The first kappa shape index (κ1) is 24.7. The number of fused-ring (bicyclic) bond motifs is 3. The maximum Gasteiger partial charge on any atom is 0.356 e. The number of rotatable bonds is 6. The number of carbonyl (C=O) groups excluding carboxylic acids is 3. The molecule has 190 valence electrons. The Bertz CT molecular complexity index is 1670. The van der Waals surface area contributed by atoms with E-state index in [4.69, 9.17) is 19.2 Å². The van der Waals surface area contributed by atoms with Crippen LogP contribution in [0.1, 0.15) is 42.3 Å². The molecule has 2 aliphatic heterocycles. The van der Waals surface area contributed by atoms with Gasteiger partial charge in [-0.15, -0.1) is 0 Å². The molecule has 0 N–H and O–H groups in total. The SMILES string of the molecule is COC(=O)c1c(C(=O)c2ccc(C)cc2)c2c3ccccc3nc-2n(-c2ccc(OC)cc2)c1C(=O)OC. The van der Waals surface area contributed by atoms with Crippen molar-refractivity contribution >= 4 is 28.6 Å². The zero-order chi connectivity index (χ0) is 27.0. The Morgan fingerprint density at radius 1 is 0.763 bits per heavy atom. The third kappa shape index (κ3) is 3.96. The number of hydrogen-bond donors (Lipinski definition) is 0. The smallest absolute Gasteiger partial charge is 0.356 e. The van der Waals surface area contributed by atoms with Crippen LogP contribution in [0.4, 0.5) is 0 Å². The molecule has 0 aliphatic carbocycles. The van der Waals surface area contributed by atoms with Crippen molar-refractivity contribution in [1.29, 1.82) is 0 Å². The maximum absolute atomic E-state index is 14.1. The second-order valence-electron chi connectivity index (χ2n) is 8.64. The Morgan fingerprint density at radius 3 is 2.05 bits per heavy atom. The van der Waals surface area contributed by atoms with Gasteiger partial charge in [-0.2, -0.15) is 0 Å². The summed E-state index contributed by atoms with van der Waals surface area (Å²) in [6.07, 6.45) is 0. The average Bonchev–Trinajstić information content (AvgIpc) is 3.34. The van der Waals surface area contributed by atoms with E-state index >= 15 is 0 Å². The summed E-state index contributed by atoms with van der Waals surface area (Å²) in [5.41, 5.74) is 2.51. The standard InChI is InChI=1S/C30H24N2O6/c1-17-9-11-18(12-10-17)27(33)24-23-21-7-5-6-8-22(21)31-28(23)32(19-13-15-20(36-2)16-14-19)26(30(35)38-4)25(24)29(34)37-3/h5-16H,1-4H3. The third-order valence-electron chi connectivity index (χ3n) is 6.44. The summed E-state index contributed by atoms with van der Waals surface area (Å²) in [4.78, 5) is 45.7. The zero-order valence-electron chi connectivity index (χ0n) is 21.3. The van der Waals surface area contributed by atoms with Crippen molar-refractivity contribution in [2.45, 2.75) is 6.92 Å². The van der Waals surface area contributed by atoms with Crippen LogP contribution < -0.4 is 4.74 Å². The van der Waals surface area contributed by atoms with Crippen LogP contribution in [0, 0.1) is 6.92 Å². The van der Waals surface area contributed by atoms with Crippen LogP contribution in [0.3, 0.4) is 0 Å². The lowest BCUT2D eigenvalue weighted by molar-refractivity contribution is 0.0545. The molecule has 0 amide bonds. The van der Waals surface area contributed by atoms with Gasteiger partial charge in [-0.05, 0) is 37.3 Å². The summed E-state index contributed by atoms with van der Waals surface area (Å²) < 4.78 is 17.1. The van der Waals surface area contributed by atoms with Crippen LogP contribution in [0.25, 0.3) is 28.0 Å². The van der Waals surface area contributed by atoms with E-state index in [2.05, 4.69) is 0 Å². The van der Waals surface area contributed by atoms with Crippen molar-refractivity contribution < 1.29 is 28.6 Å². The third-order valence-corrected chi connectivity index (χ3v) is 6.44. The van der Waals surface area contributed by atoms with E-state index in [0.717, 1.165) is 5.56 Å². The quantitative estimate of drug-likeness (QED) is 0.228. The van der Waals surface area contributed by atoms with E-state index in [1.54, 1.807) is 43.5 Å². The van der Waals surface area contributed by atoms with Gasteiger partial charge in [0, 0.05) is 22.2 Å². The molecule has 8 heteroatoms. The van der Waals surface area contributed by atoms with Gasteiger partial charge in [0.2, 0.25) is 0 Å². The minimum Gasteiger partial charge on any atom is -0.497 e. The van der Waals surface area contributed by atoms with Crippen LogP contribution in [0.2, 0.25) is 0 Å². The van der Waals surface area contributed by atoms with Gasteiger partial charge in [-0.3, -0.25) is 9.36 Å². The molecule has 0 bridgehead atoms. The molecule has 2 heterocycles. The predicted octanol–water partition coefficient (Wildman–Crippen LogP) is 5.25. The highest BCUT2D eigenvalue weighted by Gasteiger charge is 2.37. The van der Waals surface area contributed by atoms with Gasteiger partial charge < -0.3 is 14.2 Å². The highest BCUT2D eigenvalue weighted by atomic mass is 16.5. The first-order chi connectivity index (χ1) is 18.4. The van der Waals surface area contributed by atoms with Crippen LogP contribution >= 0.6 is 0 Å². The fraction of sp³-hybridized carbons (Fsp3) is 0.133. The summed E-state index contributed by atoms with van der Waals surface area (Å²) in [7, 11) is 3.96. The summed E-state index contributed by atoms with van der Waals surface area (Å²) in [6.45, 7) is 1.91. The highest BCUT2D eigenvalue weighted by molar-refractivity contribution is 6.23. The number of esters is 2. The second-order valence-corrected chi connectivity index (χ2v) is 8.64. The molecular weight excluding hydrogens is 484 g/mol. The zero-order valence-corrected chi connectivity index (χ0v) is 21.3. The number of hydrogen-bond acceptors (Lipinski definition) is 7. The largest absolute Gasteiger partial charge is 0.497 e. The molecule has 2 aliphatic rings. The number of ketones is 1. The number of benzene rings is 3. The van der Waals surface area contributed by atoms with E-state index in [-0.39, 0.29) is 16.8 Å². The van der Waals surface area contributed by atoms with Gasteiger partial charge in [0.25, 0.3) is 0 Å². The summed E-state index contributed by atoms with van der Waals surface area (Å²) in [5, 5.41) is 0.654. The number of aromatic nitrogens is 2. The molecule has 0 saturated carbocycles. The second kappa shape index (κ2) is 9.82. The molecule has 0 unspecified atom stereocenters. The van der Waals surface area contributed by atoms with Crippen LogP contribution in [-0.2, 0) is 9.47 Å². The Kier molecular flexibility index (Phi) is 6.38. The van der Waals surface area contributed by atoms with Crippen molar-refractivity contribution in [3.63, 3.8) is 0 Å². The van der Waals surface area contributed by atoms with Crippen molar-refractivity contribution in [2.24, 2.45) is 0 Å². The lowest BCUT2D eigenvalue weighted by Gasteiger charge is -2.23. The van der Waals surface area contributed by atoms with Crippen LogP contribution in [0.5, 0.6) is 5.75 Å². The monoisotopic (exact) mass is 508 g/mol. The lowest BCUT2D eigenvalue weighted by atomic mass is 9.90. The predicted molar refractivity (Wildman–Crippen MR) is 142 cm³/mol. The molecule has 3 aromatic rings. The normalized spacial score (nSPS) is 10.9. The Hall–Kier alpha value is -4.98. The molecule has 0 aromatic heterocycles. The van der Waals surface area contributed by atoms with E-state index in [1.165, 1.54) is 18.8 Å². The van der Waals surface area contributed by atoms with Gasteiger partial charge in [0.05, 0.1) is 32.4 Å².